The fourth-order valence-corrected chi connectivity index (χ4v) is 1.51. The maximum absolute atomic E-state index is 11.5. The molecule has 15 heavy (non-hydrogen) atoms. The zero-order valence-corrected chi connectivity index (χ0v) is 8.86. The molecule has 1 fully saturated rings. The molecule has 1 heterocycles. The van der Waals surface area contributed by atoms with Crippen LogP contribution in [0, 0.1) is 0 Å². The first-order chi connectivity index (χ1) is 7.15. The van der Waals surface area contributed by atoms with Crippen molar-refractivity contribution in [3.63, 3.8) is 0 Å². The molecule has 2 N–H and O–H groups in total. The second-order valence-corrected chi connectivity index (χ2v) is 3.67. The molecule has 1 aliphatic heterocycles. The van der Waals surface area contributed by atoms with E-state index < -0.39 is 18.2 Å². The van der Waals surface area contributed by atoms with Gasteiger partial charge < -0.3 is 15.2 Å². The lowest BCUT2D eigenvalue weighted by Crippen LogP contribution is -2.36. The van der Waals surface area contributed by atoms with E-state index in [2.05, 4.69) is 5.32 Å². The lowest BCUT2D eigenvalue weighted by molar-refractivity contribution is -0.151. The molecule has 0 saturated carbocycles. The number of ether oxygens (including phenoxy) is 1. The quantitative estimate of drug-likeness (QED) is 0.656. The highest BCUT2D eigenvalue weighted by molar-refractivity contribution is 5.82. The van der Waals surface area contributed by atoms with Crippen molar-refractivity contribution < 1.29 is 19.4 Å². The summed E-state index contributed by atoms with van der Waals surface area (Å²) in [4.78, 5) is 22.0. The van der Waals surface area contributed by atoms with E-state index in [4.69, 9.17) is 9.84 Å². The van der Waals surface area contributed by atoms with E-state index in [1.54, 1.807) is 0 Å². The molecule has 5 heteroatoms. The minimum Gasteiger partial charge on any atom is -0.479 e. The number of amides is 1. The Kier molecular flexibility index (Phi) is 4.55. The third-order valence-electron chi connectivity index (χ3n) is 2.42. The molecule has 1 amide bonds. The molecule has 0 spiro atoms. The molecule has 0 aliphatic carbocycles. The Hall–Kier alpha value is -1.10. The molecular weight excluding hydrogens is 198 g/mol. The van der Waals surface area contributed by atoms with Crippen LogP contribution in [0.5, 0.6) is 0 Å². The van der Waals surface area contributed by atoms with E-state index in [-0.39, 0.29) is 5.91 Å². The normalized spacial score (nSPS) is 25.1. The summed E-state index contributed by atoms with van der Waals surface area (Å²) < 4.78 is 5.10. The Morgan fingerprint density at radius 3 is 2.60 bits per heavy atom. The second-order valence-electron chi connectivity index (χ2n) is 3.67. The standard InChI is InChI=1S/C10H17NO4/c1-2-3-6-11-9(12)7-4-5-8(15-7)10(13)14/h7-8H,2-6H2,1H3,(H,11,12)(H,13,14)/t7-,8+/m0/s1. The Morgan fingerprint density at radius 1 is 1.40 bits per heavy atom. The fraction of sp³-hybridized carbons (Fsp3) is 0.800. The van der Waals surface area contributed by atoms with Gasteiger partial charge in [0, 0.05) is 6.54 Å². The van der Waals surface area contributed by atoms with Crippen molar-refractivity contribution in [2.75, 3.05) is 6.54 Å². The molecule has 0 aromatic heterocycles. The van der Waals surface area contributed by atoms with E-state index >= 15 is 0 Å². The van der Waals surface area contributed by atoms with Crippen LogP contribution >= 0.6 is 0 Å². The van der Waals surface area contributed by atoms with E-state index in [9.17, 15) is 9.59 Å². The number of carboxylic acids is 1. The maximum Gasteiger partial charge on any atom is 0.332 e. The lowest BCUT2D eigenvalue weighted by Gasteiger charge is -2.11. The van der Waals surface area contributed by atoms with Gasteiger partial charge >= 0.3 is 5.97 Å². The third-order valence-corrected chi connectivity index (χ3v) is 2.42. The van der Waals surface area contributed by atoms with Gasteiger partial charge in [0.25, 0.3) is 0 Å². The first kappa shape index (κ1) is 12.0. The van der Waals surface area contributed by atoms with Crippen molar-refractivity contribution in [1.82, 2.24) is 5.32 Å². The van der Waals surface area contributed by atoms with Gasteiger partial charge in [-0.25, -0.2) is 4.79 Å². The highest BCUT2D eigenvalue weighted by Crippen LogP contribution is 2.19. The summed E-state index contributed by atoms with van der Waals surface area (Å²) in [5, 5.41) is 11.4. The summed E-state index contributed by atoms with van der Waals surface area (Å²) >= 11 is 0. The van der Waals surface area contributed by atoms with E-state index in [0.29, 0.717) is 19.4 Å². The Bertz CT molecular complexity index is 242. The number of rotatable bonds is 5. The van der Waals surface area contributed by atoms with Crippen LogP contribution in [-0.2, 0) is 14.3 Å². The molecule has 1 rings (SSSR count). The Labute approximate surface area is 88.8 Å². The smallest absolute Gasteiger partial charge is 0.332 e. The Morgan fingerprint density at radius 2 is 2.07 bits per heavy atom. The summed E-state index contributed by atoms with van der Waals surface area (Å²) in [5.41, 5.74) is 0. The van der Waals surface area contributed by atoms with Crippen LogP contribution in [0.1, 0.15) is 32.6 Å². The third kappa shape index (κ3) is 3.51. The van der Waals surface area contributed by atoms with Gasteiger partial charge in [-0.3, -0.25) is 4.79 Å². The monoisotopic (exact) mass is 215 g/mol. The number of unbranched alkanes of at least 4 members (excludes halogenated alkanes) is 1. The molecule has 86 valence electrons. The largest absolute Gasteiger partial charge is 0.479 e. The van der Waals surface area contributed by atoms with Gasteiger partial charge in [-0.1, -0.05) is 13.3 Å². The zero-order chi connectivity index (χ0) is 11.3. The van der Waals surface area contributed by atoms with Gasteiger partial charge in [-0.2, -0.15) is 0 Å². The lowest BCUT2D eigenvalue weighted by atomic mass is 10.2. The van der Waals surface area contributed by atoms with Crippen LogP contribution in [0.3, 0.4) is 0 Å². The van der Waals surface area contributed by atoms with Gasteiger partial charge in [0.05, 0.1) is 0 Å². The van der Waals surface area contributed by atoms with E-state index in [0.717, 1.165) is 12.8 Å². The van der Waals surface area contributed by atoms with Crippen LogP contribution in [0.15, 0.2) is 0 Å². The summed E-state index contributed by atoms with van der Waals surface area (Å²) in [7, 11) is 0. The van der Waals surface area contributed by atoms with Gasteiger partial charge in [0.15, 0.2) is 6.10 Å². The molecular formula is C10H17NO4. The summed E-state index contributed by atoms with van der Waals surface area (Å²) in [5.74, 6) is -1.17. The average molecular weight is 215 g/mol. The number of hydrogen-bond donors (Lipinski definition) is 2. The van der Waals surface area contributed by atoms with Crippen molar-refractivity contribution in [2.45, 2.75) is 44.8 Å². The van der Waals surface area contributed by atoms with Crippen molar-refractivity contribution in [3.8, 4) is 0 Å². The highest BCUT2D eigenvalue weighted by Gasteiger charge is 2.34. The molecule has 2 atom stereocenters. The first-order valence-electron chi connectivity index (χ1n) is 5.31. The minimum atomic E-state index is -0.987. The average Bonchev–Trinajstić information content (AvgIpc) is 2.66. The van der Waals surface area contributed by atoms with E-state index in [1.807, 2.05) is 6.92 Å². The van der Waals surface area contributed by atoms with Crippen LogP contribution in [-0.4, -0.2) is 35.7 Å². The van der Waals surface area contributed by atoms with Crippen LogP contribution in [0.4, 0.5) is 0 Å². The van der Waals surface area contributed by atoms with Gasteiger partial charge in [0.2, 0.25) is 5.91 Å². The van der Waals surface area contributed by atoms with Crippen LogP contribution in [0.25, 0.3) is 0 Å². The van der Waals surface area contributed by atoms with Crippen molar-refractivity contribution in [2.24, 2.45) is 0 Å². The van der Waals surface area contributed by atoms with Crippen LogP contribution < -0.4 is 5.32 Å². The number of carboxylic acid groups (broad SMARTS) is 1. The number of carbonyl (C=O) groups is 2. The van der Waals surface area contributed by atoms with E-state index in [1.165, 1.54) is 0 Å². The van der Waals surface area contributed by atoms with Crippen LogP contribution in [0.2, 0.25) is 0 Å². The summed E-state index contributed by atoms with van der Waals surface area (Å²) in [6.07, 6.45) is 1.47. The molecule has 0 aromatic rings. The highest BCUT2D eigenvalue weighted by atomic mass is 16.5. The molecule has 0 aromatic carbocycles. The molecule has 1 aliphatic rings. The van der Waals surface area contributed by atoms with Gasteiger partial charge in [-0.05, 0) is 19.3 Å². The number of hydrogen-bond acceptors (Lipinski definition) is 3. The SMILES string of the molecule is CCCCNC(=O)[C@@H]1CC[C@H](C(=O)O)O1. The predicted molar refractivity (Wildman–Crippen MR) is 53.4 cm³/mol. The fourth-order valence-electron chi connectivity index (χ4n) is 1.51. The molecule has 5 nitrogen and oxygen atoms in total. The Balaban J connectivity index is 2.27. The molecule has 1 saturated heterocycles. The summed E-state index contributed by atoms with van der Waals surface area (Å²) in [6, 6.07) is 0. The van der Waals surface area contributed by atoms with Crippen molar-refractivity contribution in [3.05, 3.63) is 0 Å². The number of nitrogens with one attached hydrogen (secondary N) is 1. The molecule has 0 radical (unpaired) electrons. The molecule has 0 unspecified atom stereocenters. The maximum atomic E-state index is 11.5. The predicted octanol–water partition coefficient (Wildman–Crippen LogP) is 0.535. The number of aliphatic carboxylic acids is 1. The van der Waals surface area contributed by atoms with Crippen molar-refractivity contribution in [1.29, 1.82) is 0 Å². The van der Waals surface area contributed by atoms with Gasteiger partial charge in [-0.15, -0.1) is 0 Å². The molecule has 0 bridgehead atoms. The number of carbonyl (C=O) groups excluding carboxylic acids is 1. The summed E-state index contributed by atoms with van der Waals surface area (Å²) in [6.45, 7) is 2.67. The first-order valence-corrected chi connectivity index (χ1v) is 5.31. The second kappa shape index (κ2) is 5.70. The minimum absolute atomic E-state index is 0.188. The topological polar surface area (TPSA) is 75.6 Å². The zero-order valence-electron chi connectivity index (χ0n) is 8.86. The van der Waals surface area contributed by atoms with Gasteiger partial charge in [0.1, 0.15) is 6.10 Å². The van der Waals surface area contributed by atoms with Crippen molar-refractivity contribution >= 4 is 11.9 Å².